The molecule has 10 nitrogen and oxygen atoms in total. The Morgan fingerprint density at radius 2 is 1.21 bits per heavy atom. The number of nitrogens with one attached hydrogen (secondary N) is 2. The van der Waals surface area contributed by atoms with Crippen LogP contribution in [0.2, 0.25) is 0 Å². The largest absolute Gasteiger partial charge is 0.488 e. The van der Waals surface area contributed by atoms with Crippen molar-refractivity contribution in [1.82, 2.24) is 20.6 Å². The maximum absolute atomic E-state index is 5.81. The predicted molar refractivity (Wildman–Crippen MR) is 173 cm³/mol. The summed E-state index contributed by atoms with van der Waals surface area (Å²) in [6, 6.07) is 4.91. The summed E-state index contributed by atoms with van der Waals surface area (Å²) in [6.45, 7) is 13.4. The highest BCUT2D eigenvalue weighted by atomic mass is 16.5. The zero-order valence-electron chi connectivity index (χ0n) is 28.5. The van der Waals surface area contributed by atoms with Crippen LogP contribution in [0.5, 0.6) is 23.3 Å². The van der Waals surface area contributed by atoms with E-state index in [1.54, 1.807) is 28.4 Å². The summed E-state index contributed by atoms with van der Waals surface area (Å²) in [4.78, 5) is 8.87. The Bertz CT molecular complexity index is 1020. The number of nitrogens with zero attached hydrogens (tertiary/aromatic N) is 2. The molecule has 0 fully saturated rings. The Balaban J connectivity index is 0.000000430. The van der Waals surface area contributed by atoms with Gasteiger partial charge in [-0.3, -0.25) is 0 Å². The topological polar surface area (TPSA) is 105 Å². The van der Waals surface area contributed by atoms with Crippen LogP contribution in [-0.2, 0) is 22.3 Å². The van der Waals surface area contributed by atoms with Gasteiger partial charge in [0.15, 0.2) is 11.5 Å². The van der Waals surface area contributed by atoms with Crippen molar-refractivity contribution < 1.29 is 28.4 Å². The van der Waals surface area contributed by atoms with E-state index in [2.05, 4.69) is 54.4 Å². The first kappa shape index (κ1) is 38.4. The minimum absolute atomic E-state index is 0.412. The van der Waals surface area contributed by atoms with E-state index in [1.165, 1.54) is 5.56 Å². The van der Waals surface area contributed by atoms with Crippen LogP contribution in [0.25, 0.3) is 0 Å². The Morgan fingerprint density at radius 1 is 0.698 bits per heavy atom. The van der Waals surface area contributed by atoms with Crippen molar-refractivity contribution in [2.45, 2.75) is 72.4 Å². The molecule has 0 saturated carbocycles. The molecule has 2 atom stereocenters. The Kier molecular flexibility index (Phi) is 19.6. The van der Waals surface area contributed by atoms with Crippen molar-refractivity contribution >= 4 is 0 Å². The van der Waals surface area contributed by atoms with Crippen LogP contribution in [0.15, 0.2) is 18.3 Å². The molecular formula is C33H58N4O6. The molecule has 0 unspecified atom stereocenters. The summed E-state index contributed by atoms with van der Waals surface area (Å²) in [7, 11) is 10.6. The van der Waals surface area contributed by atoms with Gasteiger partial charge in [-0.25, -0.2) is 9.97 Å². The molecule has 2 aromatic heterocycles. The number of hydrogen-bond donors (Lipinski definition) is 2. The smallest absolute Gasteiger partial charge is 0.256 e. The first-order valence-corrected chi connectivity index (χ1v) is 15.3. The van der Waals surface area contributed by atoms with Crippen LogP contribution in [0, 0.1) is 18.8 Å². The van der Waals surface area contributed by atoms with Gasteiger partial charge in [0.05, 0.1) is 27.4 Å². The van der Waals surface area contributed by atoms with Gasteiger partial charge < -0.3 is 39.1 Å². The zero-order chi connectivity index (χ0) is 32.2. The Labute approximate surface area is 260 Å². The lowest BCUT2D eigenvalue weighted by Gasteiger charge is -2.22. The highest BCUT2D eigenvalue weighted by molar-refractivity contribution is 5.40. The fraction of sp³-hybridized carbons (Fsp3) is 0.697. The van der Waals surface area contributed by atoms with Crippen molar-refractivity contribution in [2.24, 2.45) is 11.8 Å². The number of aromatic nitrogens is 2. The van der Waals surface area contributed by atoms with E-state index in [0.29, 0.717) is 73.6 Å². The highest BCUT2D eigenvalue weighted by Gasteiger charge is 2.17. The number of rotatable bonds is 20. The monoisotopic (exact) mass is 606 g/mol. The quantitative estimate of drug-likeness (QED) is 0.202. The van der Waals surface area contributed by atoms with E-state index < -0.39 is 0 Å². The Hall–Kier alpha value is -2.66. The van der Waals surface area contributed by atoms with Gasteiger partial charge >= 0.3 is 0 Å². The second kappa shape index (κ2) is 21.9. The van der Waals surface area contributed by atoms with Crippen molar-refractivity contribution in [3.63, 3.8) is 0 Å². The molecular weight excluding hydrogens is 548 g/mol. The van der Waals surface area contributed by atoms with Crippen LogP contribution >= 0.6 is 0 Å². The highest BCUT2D eigenvalue weighted by Crippen LogP contribution is 2.29. The number of likely N-dealkylation sites (N-methyl/N-ethyl adjacent to an activating group) is 2. The molecule has 10 heteroatoms. The fourth-order valence-electron chi connectivity index (χ4n) is 4.50. The molecule has 0 aliphatic heterocycles. The van der Waals surface area contributed by atoms with Gasteiger partial charge in [-0.1, -0.05) is 27.7 Å². The molecule has 0 amide bonds. The molecule has 0 bridgehead atoms. The third kappa shape index (κ3) is 14.1. The van der Waals surface area contributed by atoms with Gasteiger partial charge in [0.25, 0.3) is 11.8 Å². The second-order valence-corrected chi connectivity index (χ2v) is 11.2. The summed E-state index contributed by atoms with van der Waals surface area (Å²) >= 11 is 0. The lowest BCUT2D eigenvalue weighted by Crippen LogP contribution is -2.33. The van der Waals surface area contributed by atoms with Crippen molar-refractivity contribution in [2.75, 3.05) is 69.0 Å². The summed E-state index contributed by atoms with van der Waals surface area (Å²) in [5, 5.41) is 6.71. The van der Waals surface area contributed by atoms with Crippen molar-refractivity contribution in [3.8, 4) is 23.3 Å². The summed E-state index contributed by atoms with van der Waals surface area (Å²) < 4.78 is 32.2. The molecule has 0 aliphatic rings. The van der Waals surface area contributed by atoms with Gasteiger partial charge in [-0.2, -0.15) is 0 Å². The zero-order valence-corrected chi connectivity index (χ0v) is 28.5. The molecule has 0 radical (unpaired) electrons. The number of ether oxygens (including phenoxy) is 6. The van der Waals surface area contributed by atoms with Crippen LogP contribution in [0.1, 0.15) is 57.4 Å². The SMILES string of the molecule is CN[C@@H](Cc1cc(OCCCOC)c(OC)nc1C)C(C)C.CN[C@@H](Cc1cnc(OC)c(OCCCOC)c1)C(C)C. The van der Waals surface area contributed by atoms with Gasteiger partial charge in [0, 0.05) is 64.2 Å². The summed E-state index contributed by atoms with van der Waals surface area (Å²) in [6.07, 6.45) is 5.38. The van der Waals surface area contributed by atoms with Gasteiger partial charge in [0.1, 0.15) is 0 Å². The lowest BCUT2D eigenvalue weighted by molar-refractivity contribution is 0.170. The summed E-state index contributed by atoms with van der Waals surface area (Å²) in [5.74, 6) is 3.59. The lowest BCUT2D eigenvalue weighted by atomic mass is 9.96. The third-order valence-electron chi connectivity index (χ3n) is 7.26. The van der Waals surface area contributed by atoms with E-state index in [9.17, 15) is 0 Å². The van der Waals surface area contributed by atoms with E-state index >= 15 is 0 Å². The van der Waals surface area contributed by atoms with Gasteiger partial charge in [0.2, 0.25) is 0 Å². The maximum atomic E-state index is 5.81. The molecule has 2 N–H and O–H groups in total. The van der Waals surface area contributed by atoms with Crippen molar-refractivity contribution in [3.05, 3.63) is 35.2 Å². The average molecular weight is 607 g/mol. The van der Waals surface area contributed by atoms with Gasteiger partial charge in [-0.05, 0) is 69.0 Å². The average Bonchev–Trinajstić information content (AvgIpc) is 3.00. The molecule has 0 spiro atoms. The van der Waals surface area contributed by atoms with E-state index in [1.807, 2.05) is 33.3 Å². The molecule has 2 heterocycles. The maximum Gasteiger partial charge on any atom is 0.256 e. The van der Waals surface area contributed by atoms with E-state index in [0.717, 1.165) is 36.9 Å². The normalized spacial score (nSPS) is 12.5. The molecule has 2 aromatic rings. The molecule has 43 heavy (non-hydrogen) atoms. The molecule has 246 valence electrons. The number of aryl methyl sites for hydroxylation is 1. The number of pyridine rings is 2. The van der Waals surface area contributed by atoms with E-state index in [4.69, 9.17) is 28.4 Å². The first-order chi connectivity index (χ1) is 20.6. The van der Waals surface area contributed by atoms with Crippen LogP contribution < -0.4 is 29.6 Å². The molecule has 0 saturated heterocycles. The van der Waals surface area contributed by atoms with Crippen LogP contribution in [0.3, 0.4) is 0 Å². The number of methoxy groups -OCH3 is 4. The minimum atomic E-state index is 0.412. The Morgan fingerprint density at radius 3 is 1.67 bits per heavy atom. The second-order valence-electron chi connectivity index (χ2n) is 11.2. The molecule has 0 aromatic carbocycles. The van der Waals surface area contributed by atoms with Crippen molar-refractivity contribution in [1.29, 1.82) is 0 Å². The minimum Gasteiger partial charge on any atom is -0.488 e. The molecule has 2 rings (SSSR count). The fourth-order valence-corrected chi connectivity index (χ4v) is 4.50. The standard InChI is InChI=1S/C17H30N2O3.C16H28N2O3/c1-12(2)15(18-4)10-14-11-16(22-9-7-8-20-5)17(21-6)19-13(14)3;1-12(2)14(17-3)9-13-10-15(16(20-5)18-11-13)21-8-6-7-19-4/h11-12,15,18H,7-10H2,1-6H3;10-12,14,17H,6-9H2,1-5H3/t15-;14-/m00/s1. The molecule has 0 aliphatic carbocycles. The van der Waals surface area contributed by atoms with Crippen LogP contribution in [-0.4, -0.2) is 91.0 Å². The number of hydrogen-bond acceptors (Lipinski definition) is 10. The van der Waals surface area contributed by atoms with Crippen LogP contribution in [0.4, 0.5) is 0 Å². The third-order valence-corrected chi connectivity index (χ3v) is 7.26. The van der Waals surface area contributed by atoms with E-state index in [-0.39, 0.29) is 0 Å². The van der Waals surface area contributed by atoms with Gasteiger partial charge in [-0.15, -0.1) is 0 Å². The predicted octanol–water partition coefficient (Wildman–Crippen LogP) is 4.89. The summed E-state index contributed by atoms with van der Waals surface area (Å²) in [5.41, 5.74) is 3.32. The first-order valence-electron chi connectivity index (χ1n) is 15.3.